The maximum atomic E-state index is 12.7. The Hall–Kier alpha value is -0.940. The van der Waals surface area contributed by atoms with E-state index in [0.29, 0.717) is 6.42 Å². The number of hydrogen-bond acceptors (Lipinski definition) is 3. The van der Waals surface area contributed by atoms with Gasteiger partial charge in [0.1, 0.15) is 11.2 Å². The van der Waals surface area contributed by atoms with Gasteiger partial charge >= 0.3 is 0 Å². The van der Waals surface area contributed by atoms with Gasteiger partial charge in [-0.3, -0.25) is 0 Å². The Balaban J connectivity index is 2.27. The lowest BCUT2D eigenvalue weighted by Crippen LogP contribution is -2.40. The summed E-state index contributed by atoms with van der Waals surface area (Å²) in [5.41, 5.74) is 0. The molecule has 0 radical (unpaired) electrons. The normalized spacial score (nSPS) is 21.9. The molecular formula is C11H14FNO2S. The van der Waals surface area contributed by atoms with Crippen LogP contribution in [0.15, 0.2) is 29.2 Å². The predicted molar refractivity (Wildman–Crippen MR) is 59.2 cm³/mol. The van der Waals surface area contributed by atoms with Gasteiger partial charge in [0, 0.05) is 0 Å². The van der Waals surface area contributed by atoms with Crippen LogP contribution in [0.2, 0.25) is 0 Å². The van der Waals surface area contributed by atoms with Crippen LogP contribution in [0.5, 0.6) is 0 Å². The number of nitrogens with one attached hydrogen (secondary N) is 1. The molecule has 88 valence electrons. The molecule has 16 heavy (non-hydrogen) atoms. The highest BCUT2D eigenvalue weighted by Crippen LogP contribution is 2.20. The summed E-state index contributed by atoms with van der Waals surface area (Å²) in [4.78, 5) is 0.188. The predicted octanol–water partition coefficient (Wildman–Crippen LogP) is 1.70. The first-order valence-corrected chi connectivity index (χ1v) is 6.88. The minimum absolute atomic E-state index is 0.188. The van der Waals surface area contributed by atoms with Crippen molar-refractivity contribution in [3.8, 4) is 0 Å². The molecule has 1 aliphatic heterocycles. The summed E-state index contributed by atoms with van der Waals surface area (Å²) in [6, 6.07) is 4.99. The molecule has 1 fully saturated rings. The van der Waals surface area contributed by atoms with E-state index in [9.17, 15) is 12.8 Å². The molecule has 2 rings (SSSR count). The van der Waals surface area contributed by atoms with Crippen molar-refractivity contribution < 1.29 is 12.8 Å². The van der Waals surface area contributed by atoms with Crippen molar-refractivity contribution in [1.29, 1.82) is 0 Å². The average Bonchev–Trinajstić information content (AvgIpc) is 2.31. The molecule has 1 saturated heterocycles. The van der Waals surface area contributed by atoms with Crippen LogP contribution >= 0.6 is 0 Å². The highest BCUT2D eigenvalue weighted by Gasteiger charge is 2.28. The SMILES string of the molecule is O=S(=O)(c1ccc(F)cc1)C1CCCCN1. The van der Waals surface area contributed by atoms with Crippen molar-refractivity contribution in [2.24, 2.45) is 0 Å². The first-order valence-electron chi connectivity index (χ1n) is 5.33. The quantitative estimate of drug-likeness (QED) is 0.804. The van der Waals surface area contributed by atoms with E-state index in [1.807, 2.05) is 0 Å². The Bertz CT molecular complexity index is 449. The number of hydrogen-bond donors (Lipinski definition) is 1. The summed E-state index contributed by atoms with van der Waals surface area (Å²) >= 11 is 0. The van der Waals surface area contributed by atoms with Gasteiger partial charge in [-0.1, -0.05) is 0 Å². The maximum Gasteiger partial charge on any atom is 0.194 e. The fourth-order valence-electron chi connectivity index (χ4n) is 1.87. The van der Waals surface area contributed by atoms with Crippen molar-refractivity contribution in [3.63, 3.8) is 0 Å². The van der Waals surface area contributed by atoms with Gasteiger partial charge in [0.2, 0.25) is 0 Å². The molecule has 1 heterocycles. The smallest absolute Gasteiger partial charge is 0.194 e. The minimum Gasteiger partial charge on any atom is -0.301 e. The molecule has 1 atom stereocenters. The lowest BCUT2D eigenvalue weighted by atomic mass is 10.2. The minimum atomic E-state index is -3.36. The molecule has 0 amide bonds. The van der Waals surface area contributed by atoms with E-state index in [4.69, 9.17) is 0 Å². The zero-order chi connectivity index (χ0) is 11.6. The molecule has 1 aliphatic rings. The third-order valence-electron chi connectivity index (χ3n) is 2.78. The molecule has 1 aromatic carbocycles. The average molecular weight is 243 g/mol. The Labute approximate surface area is 94.6 Å². The first kappa shape index (κ1) is 11.5. The molecular weight excluding hydrogens is 229 g/mol. The highest BCUT2D eigenvalue weighted by atomic mass is 32.2. The molecule has 0 aromatic heterocycles. The molecule has 5 heteroatoms. The molecule has 0 aliphatic carbocycles. The fourth-order valence-corrected chi connectivity index (χ4v) is 3.53. The van der Waals surface area contributed by atoms with Crippen LogP contribution in [-0.2, 0) is 9.84 Å². The summed E-state index contributed by atoms with van der Waals surface area (Å²) < 4.78 is 36.9. The van der Waals surface area contributed by atoms with Crippen LogP contribution in [0.1, 0.15) is 19.3 Å². The zero-order valence-corrected chi connectivity index (χ0v) is 9.63. The molecule has 1 aromatic rings. The van der Waals surface area contributed by atoms with Crippen LogP contribution in [0.25, 0.3) is 0 Å². The Kier molecular flexibility index (Phi) is 3.25. The van der Waals surface area contributed by atoms with E-state index >= 15 is 0 Å². The second-order valence-electron chi connectivity index (χ2n) is 3.94. The van der Waals surface area contributed by atoms with Crippen molar-refractivity contribution in [2.75, 3.05) is 6.54 Å². The van der Waals surface area contributed by atoms with Crippen LogP contribution in [0, 0.1) is 5.82 Å². The van der Waals surface area contributed by atoms with E-state index in [-0.39, 0.29) is 4.90 Å². The number of benzene rings is 1. The summed E-state index contributed by atoms with van der Waals surface area (Å²) in [5.74, 6) is -0.421. The molecule has 0 spiro atoms. The molecule has 1 N–H and O–H groups in total. The van der Waals surface area contributed by atoms with Gasteiger partial charge in [0.05, 0.1) is 4.90 Å². The second kappa shape index (κ2) is 4.51. The lowest BCUT2D eigenvalue weighted by molar-refractivity contribution is 0.461. The first-order chi connectivity index (χ1) is 7.60. The Morgan fingerprint density at radius 2 is 1.88 bits per heavy atom. The van der Waals surface area contributed by atoms with E-state index in [1.165, 1.54) is 24.3 Å². The molecule has 0 saturated carbocycles. The van der Waals surface area contributed by atoms with Gasteiger partial charge in [-0.05, 0) is 50.1 Å². The molecule has 0 bridgehead atoms. The van der Waals surface area contributed by atoms with Crippen molar-refractivity contribution in [2.45, 2.75) is 29.5 Å². The number of sulfone groups is 1. The van der Waals surface area contributed by atoms with Gasteiger partial charge in [0.15, 0.2) is 9.84 Å². The largest absolute Gasteiger partial charge is 0.301 e. The Morgan fingerprint density at radius 3 is 2.44 bits per heavy atom. The number of piperidine rings is 1. The van der Waals surface area contributed by atoms with E-state index in [1.54, 1.807) is 0 Å². The van der Waals surface area contributed by atoms with Gasteiger partial charge in [-0.2, -0.15) is 0 Å². The van der Waals surface area contributed by atoms with Gasteiger partial charge in [-0.15, -0.1) is 0 Å². The van der Waals surface area contributed by atoms with Gasteiger partial charge in [0.25, 0.3) is 0 Å². The standard InChI is InChI=1S/C11H14FNO2S/c12-9-4-6-10(7-5-9)16(14,15)11-3-1-2-8-13-11/h4-7,11,13H,1-3,8H2. The summed E-state index contributed by atoms with van der Waals surface area (Å²) in [7, 11) is -3.36. The summed E-state index contributed by atoms with van der Waals surface area (Å²) in [6.07, 6.45) is 2.55. The molecule has 3 nitrogen and oxygen atoms in total. The van der Waals surface area contributed by atoms with E-state index in [2.05, 4.69) is 5.32 Å². The monoisotopic (exact) mass is 243 g/mol. The molecule has 1 unspecified atom stereocenters. The number of rotatable bonds is 2. The third kappa shape index (κ3) is 2.25. The van der Waals surface area contributed by atoms with Gasteiger partial charge < -0.3 is 5.32 Å². The van der Waals surface area contributed by atoms with Crippen molar-refractivity contribution >= 4 is 9.84 Å². The van der Waals surface area contributed by atoms with E-state index in [0.717, 1.165) is 19.4 Å². The van der Waals surface area contributed by atoms with E-state index < -0.39 is 21.0 Å². The van der Waals surface area contributed by atoms with Crippen LogP contribution in [-0.4, -0.2) is 20.3 Å². The number of halogens is 1. The van der Waals surface area contributed by atoms with Crippen LogP contribution in [0.3, 0.4) is 0 Å². The fraction of sp³-hybridized carbons (Fsp3) is 0.455. The van der Waals surface area contributed by atoms with Crippen LogP contribution in [0.4, 0.5) is 4.39 Å². The summed E-state index contributed by atoms with van der Waals surface area (Å²) in [6.45, 7) is 0.727. The van der Waals surface area contributed by atoms with Crippen molar-refractivity contribution in [1.82, 2.24) is 5.32 Å². The second-order valence-corrected chi connectivity index (χ2v) is 6.07. The van der Waals surface area contributed by atoms with Gasteiger partial charge in [-0.25, -0.2) is 12.8 Å². The topological polar surface area (TPSA) is 46.2 Å². The highest BCUT2D eigenvalue weighted by molar-refractivity contribution is 7.92. The third-order valence-corrected chi connectivity index (χ3v) is 4.86. The van der Waals surface area contributed by atoms with Crippen LogP contribution < -0.4 is 5.32 Å². The Morgan fingerprint density at radius 1 is 1.19 bits per heavy atom. The zero-order valence-electron chi connectivity index (χ0n) is 8.82. The lowest BCUT2D eigenvalue weighted by Gasteiger charge is -2.23. The summed E-state index contributed by atoms with van der Waals surface area (Å²) in [5, 5.41) is 2.47. The maximum absolute atomic E-state index is 12.7. The van der Waals surface area contributed by atoms with Crippen molar-refractivity contribution in [3.05, 3.63) is 30.1 Å².